The lowest BCUT2D eigenvalue weighted by Crippen LogP contribution is -2.31. The van der Waals surface area contributed by atoms with Crippen molar-refractivity contribution in [2.75, 3.05) is 11.1 Å². The fourth-order valence-corrected chi connectivity index (χ4v) is 4.95. The van der Waals surface area contributed by atoms with E-state index in [1.807, 2.05) is 6.92 Å². The summed E-state index contributed by atoms with van der Waals surface area (Å²) < 4.78 is 28.4. The van der Waals surface area contributed by atoms with E-state index in [-0.39, 0.29) is 18.4 Å². The summed E-state index contributed by atoms with van der Waals surface area (Å²) >= 11 is 1.47. The molecule has 2 saturated carbocycles. The smallest absolute Gasteiger partial charge is 0.191 e. The number of rotatable bonds is 7. The summed E-state index contributed by atoms with van der Waals surface area (Å²) in [5.41, 5.74) is 1.49. The molecule has 33 heavy (non-hydrogen) atoms. The number of thioether (sulfide) groups is 1. The van der Waals surface area contributed by atoms with Gasteiger partial charge in [-0.2, -0.15) is 0 Å². The average molecular weight is 478 g/mol. The summed E-state index contributed by atoms with van der Waals surface area (Å²) in [5.74, 6) is -0.470. The molecule has 0 saturated heterocycles. The largest absolute Gasteiger partial charge is 0.390 e. The highest BCUT2D eigenvalue weighted by molar-refractivity contribution is 7.99. The molecule has 0 spiro atoms. The highest BCUT2D eigenvalue weighted by atomic mass is 32.2. The van der Waals surface area contributed by atoms with Gasteiger partial charge in [0, 0.05) is 24.1 Å². The Morgan fingerprint density at radius 2 is 1.94 bits per heavy atom. The van der Waals surface area contributed by atoms with Crippen molar-refractivity contribution in [1.29, 1.82) is 0 Å². The molecule has 2 unspecified atom stereocenters. The minimum Gasteiger partial charge on any atom is -0.390 e. The van der Waals surface area contributed by atoms with Crippen molar-refractivity contribution in [3.05, 3.63) is 35.4 Å². The fourth-order valence-electron chi connectivity index (χ4n) is 4.26. The van der Waals surface area contributed by atoms with Gasteiger partial charge in [-0.1, -0.05) is 30.0 Å². The lowest BCUT2D eigenvalue weighted by atomic mass is 10.1. The van der Waals surface area contributed by atoms with E-state index in [2.05, 4.69) is 25.6 Å². The van der Waals surface area contributed by atoms with Crippen molar-refractivity contribution in [3.63, 3.8) is 0 Å². The summed E-state index contributed by atoms with van der Waals surface area (Å²) in [5, 5.41) is 42.5. The van der Waals surface area contributed by atoms with Gasteiger partial charge in [-0.15, -0.1) is 5.10 Å². The Kier molecular flexibility index (Phi) is 5.93. The van der Waals surface area contributed by atoms with Gasteiger partial charge < -0.3 is 20.6 Å². The minimum absolute atomic E-state index is 0.00820. The molecular weight excluding hydrogens is 453 g/mol. The van der Waals surface area contributed by atoms with Crippen LogP contribution < -0.4 is 5.32 Å². The number of fused-ring (bicyclic) bond motifs is 1. The van der Waals surface area contributed by atoms with Crippen molar-refractivity contribution in [2.45, 2.75) is 67.7 Å². The SMILES string of the molecule is CCCSc1nc(NC2CC2c2ccc([18F])c(F)c2)c2nnn([C@@H]3C[C@H](O)[C@@H](O)[C@H]3O)c2n1. The predicted molar refractivity (Wildman–Crippen MR) is 117 cm³/mol. The molecular formula is C21H24F2N6O3S. The van der Waals surface area contributed by atoms with E-state index in [0.717, 1.165) is 24.7 Å². The molecule has 2 aliphatic rings. The van der Waals surface area contributed by atoms with Crippen molar-refractivity contribution in [2.24, 2.45) is 0 Å². The number of aliphatic hydroxyl groups excluding tert-OH is 3. The number of aliphatic hydroxyl groups is 3. The van der Waals surface area contributed by atoms with E-state index in [1.54, 1.807) is 6.07 Å². The maximum absolute atomic E-state index is 13.6. The molecule has 176 valence electrons. The molecule has 2 fully saturated rings. The summed E-state index contributed by atoms with van der Waals surface area (Å²) in [6.45, 7) is 2.05. The summed E-state index contributed by atoms with van der Waals surface area (Å²) in [4.78, 5) is 9.17. The highest BCUT2D eigenvalue weighted by Gasteiger charge is 2.44. The van der Waals surface area contributed by atoms with Gasteiger partial charge in [0.05, 0.1) is 12.1 Å². The molecule has 0 radical (unpaired) electrons. The van der Waals surface area contributed by atoms with Crippen LogP contribution in [0.1, 0.15) is 43.7 Å². The lowest BCUT2D eigenvalue weighted by Gasteiger charge is -2.16. The van der Waals surface area contributed by atoms with Crippen LogP contribution in [0.4, 0.5) is 14.6 Å². The monoisotopic (exact) mass is 477 g/mol. The highest BCUT2D eigenvalue weighted by Crippen LogP contribution is 2.44. The first-order valence-corrected chi connectivity index (χ1v) is 11.9. The van der Waals surface area contributed by atoms with E-state index in [1.165, 1.54) is 22.5 Å². The first kappa shape index (κ1) is 22.4. The van der Waals surface area contributed by atoms with Crippen LogP contribution in [-0.2, 0) is 0 Å². The average Bonchev–Trinajstić information content (AvgIpc) is 3.36. The second-order valence-corrected chi connectivity index (χ2v) is 9.59. The Bertz CT molecular complexity index is 1180. The quantitative estimate of drug-likeness (QED) is 0.298. The van der Waals surface area contributed by atoms with Crippen LogP contribution >= 0.6 is 11.8 Å². The molecule has 0 aliphatic heterocycles. The van der Waals surface area contributed by atoms with E-state index in [9.17, 15) is 24.1 Å². The van der Waals surface area contributed by atoms with Gasteiger partial charge in [-0.3, -0.25) is 0 Å². The maximum Gasteiger partial charge on any atom is 0.191 e. The zero-order valence-electron chi connectivity index (χ0n) is 17.8. The van der Waals surface area contributed by atoms with Crippen LogP contribution in [0.15, 0.2) is 23.4 Å². The number of anilines is 1. The van der Waals surface area contributed by atoms with Crippen LogP contribution in [0.5, 0.6) is 0 Å². The molecule has 0 amide bonds. The second kappa shape index (κ2) is 8.75. The third-order valence-electron chi connectivity index (χ3n) is 6.16. The first-order valence-electron chi connectivity index (χ1n) is 10.9. The van der Waals surface area contributed by atoms with Gasteiger partial charge in [0.25, 0.3) is 0 Å². The van der Waals surface area contributed by atoms with Crippen LogP contribution in [-0.4, -0.2) is 70.4 Å². The number of halogens is 2. The van der Waals surface area contributed by atoms with E-state index >= 15 is 0 Å². The Labute approximate surface area is 192 Å². The summed E-state index contributed by atoms with van der Waals surface area (Å²) in [7, 11) is 0. The van der Waals surface area contributed by atoms with Crippen LogP contribution in [0, 0.1) is 11.6 Å². The number of nitrogens with one attached hydrogen (secondary N) is 1. The van der Waals surface area contributed by atoms with Gasteiger partial charge in [-0.25, -0.2) is 23.4 Å². The van der Waals surface area contributed by atoms with Crippen molar-refractivity contribution in [3.8, 4) is 0 Å². The third kappa shape index (κ3) is 4.16. The van der Waals surface area contributed by atoms with E-state index in [0.29, 0.717) is 27.7 Å². The van der Waals surface area contributed by atoms with Gasteiger partial charge in [0.15, 0.2) is 33.8 Å². The normalized spacial score (nSPS) is 29.0. The summed E-state index contributed by atoms with van der Waals surface area (Å²) in [6, 6.07) is 3.21. The molecule has 2 aliphatic carbocycles. The molecule has 4 N–H and O–H groups in total. The molecule has 2 heterocycles. The first-order chi connectivity index (χ1) is 15.9. The number of nitrogens with zero attached hydrogens (tertiary/aromatic N) is 5. The molecule has 5 rings (SSSR count). The zero-order valence-corrected chi connectivity index (χ0v) is 18.6. The van der Waals surface area contributed by atoms with Crippen LogP contribution in [0.25, 0.3) is 11.2 Å². The molecule has 6 atom stereocenters. The lowest BCUT2D eigenvalue weighted by molar-refractivity contribution is -0.0253. The van der Waals surface area contributed by atoms with Crippen LogP contribution in [0.2, 0.25) is 0 Å². The Morgan fingerprint density at radius 1 is 1.12 bits per heavy atom. The Morgan fingerprint density at radius 3 is 2.64 bits per heavy atom. The van der Waals surface area contributed by atoms with Crippen molar-refractivity contribution in [1.82, 2.24) is 25.0 Å². The second-order valence-electron chi connectivity index (χ2n) is 8.53. The molecule has 3 aromatic rings. The van der Waals surface area contributed by atoms with Crippen LogP contribution in [0.3, 0.4) is 0 Å². The Balaban J connectivity index is 1.45. The fraction of sp³-hybridized carbons (Fsp3) is 0.524. The molecule has 12 heteroatoms. The topological polar surface area (TPSA) is 129 Å². The van der Waals surface area contributed by atoms with Crippen molar-refractivity contribution < 1.29 is 24.1 Å². The Hall–Kier alpha value is -2.41. The van der Waals surface area contributed by atoms with E-state index < -0.39 is 36.0 Å². The zero-order chi connectivity index (χ0) is 23.3. The standard InChI is InChI=1S/C21H24F2N6O3S/c1-2-5-33-21-25-19(24-13-7-10(13)9-3-4-11(22)12(23)6-9)16-20(26-21)29(28-27-16)14-8-15(30)18(32)17(14)31/h3-4,6,10,13-15,17-18,30-32H,2,5,7-8H2,1H3,(H,24,25,26)/t10?,13?,14-,15+,17+,18-/m1/s1/i22-1. The molecule has 2 aromatic heterocycles. The number of hydrogen-bond acceptors (Lipinski definition) is 9. The molecule has 9 nitrogen and oxygen atoms in total. The molecule has 0 bridgehead atoms. The van der Waals surface area contributed by atoms with E-state index in [4.69, 9.17) is 0 Å². The predicted octanol–water partition coefficient (Wildman–Crippen LogP) is 2.00. The number of benzene rings is 1. The molecule has 1 aromatic carbocycles. The van der Waals surface area contributed by atoms with Gasteiger partial charge in [-0.05, 0) is 30.5 Å². The maximum atomic E-state index is 13.6. The number of hydrogen-bond donors (Lipinski definition) is 4. The van der Waals surface area contributed by atoms with Gasteiger partial charge in [0.2, 0.25) is 0 Å². The third-order valence-corrected chi connectivity index (χ3v) is 7.21. The van der Waals surface area contributed by atoms with Gasteiger partial charge in [0.1, 0.15) is 12.2 Å². The van der Waals surface area contributed by atoms with Crippen molar-refractivity contribution >= 4 is 28.7 Å². The van der Waals surface area contributed by atoms with Gasteiger partial charge >= 0.3 is 0 Å². The summed E-state index contributed by atoms with van der Waals surface area (Å²) in [6.07, 6.45) is -1.78. The number of aromatic nitrogens is 5. The minimum atomic E-state index is -1.27.